The van der Waals surface area contributed by atoms with Crippen molar-refractivity contribution < 1.29 is 9.53 Å². The topological polar surface area (TPSA) is 56.2 Å². The predicted octanol–water partition coefficient (Wildman–Crippen LogP) is 5.10. The van der Waals surface area contributed by atoms with Crippen LogP contribution in [0.15, 0.2) is 66.7 Å². The van der Waals surface area contributed by atoms with E-state index < -0.39 is 0 Å². The lowest BCUT2D eigenvalue weighted by atomic mass is 10.1. The van der Waals surface area contributed by atoms with Gasteiger partial charge in [-0.2, -0.15) is 16.9 Å². The Morgan fingerprint density at radius 2 is 1.93 bits per heavy atom. The number of rotatable bonds is 5. The van der Waals surface area contributed by atoms with Crippen molar-refractivity contribution in [2.75, 3.05) is 11.9 Å². The highest BCUT2D eigenvalue weighted by Gasteiger charge is 2.25. The third kappa shape index (κ3) is 3.55. The lowest BCUT2D eigenvalue weighted by molar-refractivity contribution is -0.118. The largest absolute Gasteiger partial charge is 0.483 e. The number of aromatic nitrogens is 2. The summed E-state index contributed by atoms with van der Waals surface area (Å²) in [7, 11) is 0. The fraction of sp³-hybridized carbons (Fsp3) is 0.167. The van der Waals surface area contributed by atoms with Crippen molar-refractivity contribution in [2.45, 2.75) is 18.4 Å². The second kappa shape index (κ2) is 7.88. The minimum absolute atomic E-state index is 0.0606. The third-order valence-corrected chi connectivity index (χ3v) is 6.13. The number of aryl methyl sites for hydroxylation is 1. The Labute approximate surface area is 179 Å². The Morgan fingerprint density at radius 3 is 2.83 bits per heavy atom. The van der Waals surface area contributed by atoms with Gasteiger partial charge in [0.2, 0.25) is 0 Å². The number of hydrogen-bond acceptors (Lipinski definition) is 4. The monoisotopic (exact) mass is 415 g/mol. The Morgan fingerprint density at radius 1 is 1.10 bits per heavy atom. The summed E-state index contributed by atoms with van der Waals surface area (Å²) in [6, 6.07) is 22.0. The number of nitrogens with one attached hydrogen (secondary N) is 1. The zero-order valence-electron chi connectivity index (χ0n) is 16.6. The van der Waals surface area contributed by atoms with E-state index >= 15 is 0 Å². The molecule has 0 atom stereocenters. The number of amides is 1. The minimum Gasteiger partial charge on any atom is -0.483 e. The number of anilines is 1. The van der Waals surface area contributed by atoms with Crippen molar-refractivity contribution in [3.8, 4) is 11.4 Å². The molecule has 5 rings (SSSR count). The number of benzene rings is 3. The molecule has 0 spiro atoms. The van der Waals surface area contributed by atoms with Gasteiger partial charge in [-0.05, 0) is 36.1 Å². The van der Waals surface area contributed by atoms with Gasteiger partial charge in [-0.15, -0.1) is 0 Å². The standard InChI is InChI=1S/C24H21N3O2S/c1-16-6-4-9-18(12-16)27-24(20-14-30-15-21(20)26-27)25-23(28)13-29-22-11-5-8-17-7-2-3-10-19(17)22/h2-12H,13-15H2,1H3,(H,25,28). The first-order valence-electron chi connectivity index (χ1n) is 9.85. The van der Waals surface area contributed by atoms with Gasteiger partial charge >= 0.3 is 0 Å². The molecule has 150 valence electrons. The zero-order chi connectivity index (χ0) is 20.5. The van der Waals surface area contributed by atoms with E-state index in [1.165, 1.54) is 0 Å². The summed E-state index contributed by atoms with van der Waals surface area (Å²) in [5.74, 6) is 2.96. The molecule has 3 aromatic carbocycles. The molecule has 0 saturated heterocycles. The fourth-order valence-electron chi connectivity index (χ4n) is 3.72. The molecule has 4 aromatic rings. The molecule has 0 fully saturated rings. The van der Waals surface area contributed by atoms with Crippen molar-refractivity contribution in [3.05, 3.63) is 83.6 Å². The molecule has 0 bridgehead atoms. The van der Waals surface area contributed by atoms with Gasteiger partial charge in [0.05, 0.1) is 11.4 Å². The smallest absolute Gasteiger partial charge is 0.263 e. The molecule has 1 aliphatic heterocycles. The summed E-state index contributed by atoms with van der Waals surface area (Å²) in [5.41, 5.74) is 4.22. The number of carbonyl (C=O) groups excluding carboxylic acids is 1. The summed E-state index contributed by atoms with van der Waals surface area (Å²) < 4.78 is 7.71. The first kappa shape index (κ1) is 18.8. The Balaban J connectivity index is 1.38. The summed E-state index contributed by atoms with van der Waals surface area (Å²) in [4.78, 5) is 12.8. The molecule has 0 unspecified atom stereocenters. The highest BCUT2D eigenvalue weighted by atomic mass is 32.2. The number of nitrogens with zero attached hydrogens (tertiary/aromatic N) is 2. The van der Waals surface area contributed by atoms with Crippen LogP contribution in [0.4, 0.5) is 5.82 Å². The van der Waals surface area contributed by atoms with Crippen molar-refractivity contribution in [1.29, 1.82) is 0 Å². The van der Waals surface area contributed by atoms with Crippen molar-refractivity contribution >= 4 is 34.3 Å². The average molecular weight is 416 g/mol. The van der Waals surface area contributed by atoms with Crippen molar-refractivity contribution in [1.82, 2.24) is 9.78 Å². The van der Waals surface area contributed by atoms with E-state index in [2.05, 4.69) is 11.4 Å². The Bertz CT molecular complexity index is 1240. The van der Waals surface area contributed by atoms with Gasteiger partial charge < -0.3 is 10.1 Å². The fourth-order valence-corrected chi connectivity index (χ4v) is 4.76. The maximum absolute atomic E-state index is 12.8. The molecule has 0 aliphatic carbocycles. The molecule has 1 aromatic heterocycles. The summed E-state index contributed by atoms with van der Waals surface area (Å²) in [6.45, 7) is 1.99. The summed E-state index contributed by atoms with van der Waals surface area (Å²) in [5, 5.41) is 9.89. The number of carbonyl (C=O) groups is 1. The van der Waals surface area contributed by atoms with Gasteiger partial charge in [0.1, 0.15) is 11.6 Å². The van der Waals surface area contributed by atoms with Crippen LogP contribution in [0.1, 0.15) is 16.8 Å². The zero-order valence-corrected chi connectivity index (χ0v) is 17.4. The van der Waals surface area contributed by atoms with E-state index in [1.807, 2.05) is 84.0 Å². The van der Waals surface area contributed by atoms with Crippen LogP contribution in [-0.2, 0) is 16.3 Å². The van der Waals surface area contributed by atoms with E-state index in [-0.39, 0.29) is 12.5 Å². The van der Waals surface area contributed by atoms with Crippen LogP contribution in [-0.4, -0.2) is 22.3 Å². The molecule has 0 saturated carbocycles. The minimum atomic E-state index is -0.198. The molecule has 0 radical (unpaired) electrons. The van der Waals surface area contributed by atoms with E-state index in [4.69, 9.17) is 9.84 Å². The van der Waals surface area contributed by atoms with Gasteiger partial charge in [-0.1, -0.05) is 48.5 Å². The molecule has 30 heavy (non-hydrogen) atoms. The van der Waals surface area contributed by atoms with Crippen LogP contribution in [0.2, 0.25) is 0 Å². The summed E-state index contributed by atoms with van der Waals surface area (Å²) >= 11 is 1.81. The van der Waals surface area contributed by atoms with E-state index in [0.717, 1.165) is 50.6 Å². The van der Waals surface area contributed by atoms with Gasteiger partial charge in [-0.25, -0.2) is 4.68 Å². The molecule has 1 amide bonds. The van der Waals surface area contributed by atoms with Crippen LogP contribution < -0.4 is 10.1 Å². The van der Waals surface area contributed by atoms with Crippen LogP contribution in [0.5, 0.6) is 5.75 Å². The average Bonchev–Trinajstić information content (AvgIpc) is 3.35. The number of hydrogen-bond donors (Lipinski definition) is 1. The van der Waals surface area contributed by atoms with Crippen molar-refractivity contribution in [2.24, 2.45) is 0 Å². The lowest BCUT2D eigenvalue weighted by Crippen LogP contribution is -2.22. The molecule has 2 heterocycles. The molecule has 6 heteroatoms. The van der Waals surface area contributed by atoms with Crippen LogP contribution in [0.3, 0.4) is 0 Å². The first-order valence-corrected chi connectivity index (χ1v) is 11.0. The van der Waals surface area contributed by atoms with Crippen LogP contribution >= 0.6 is 11.8 Å². The number of thioether (sulfide) groups is 1. The highest BCUT2D eigenvalue weighted by molar-refractivity contribution is 7.98. The van der Waals surface area contributed by atoms with Gasteiger partial charge in [0, 0.05) is 22.5 Å². The summed E-state index contributed by atoms with van der Waals surface area (Å²) in [6.07, 6.45) is 0. The van der Waals surface area contributed by atoms with Crippen LogP contribution in [0, 0.1) is 6.92 Å². The maximum atomic E-state index is 12.8. The predicted molar refractivity (Wildman–Crippen MR) is 121 cm³/mol. The second-order valence-corrected chi connectivity index (χ2v) is 8.32. The van der Waals surface area contributed by atoms with E-state index in [9.17, 15) is 4.79 Å². The Hall–Kier alpha value is -3.25. The molecular formula is C24H21N3O2S. The SMILES string of the molecule is Cc1cccc(-n2nc3c(c2NC(=O)COc2cccc4ccccc24)CSC3)c1. The lowest BCUT2D eigenvalue weighted by Gasteiger charge is -2.13. The number of ether oxygens (including phenoxy) is 1. The van der Waals surface area contributed by atoms with E-state index in [1.54, 1.807) is 0 Å². The highest BCUT2D eigenvalue weighted by Crippen LogP contribution is 2.36. The number of fused-ring (bicyclic) bond motifs is 2. The van der Waals surface area contributed by atoms with E-state index in [0.29, 0.717) is 5.75 Å². The third-order valence-electron chi connectivity index (χ3n) is 5.16. The van der Waals surface area contributed by atoms with Gasteiger partial charge in [0.15, 0.2) is 6.61 Å². The quantitative estimate of drug-likeness (QED) is 0.493. The molecular weight excluding hydrogens is 394 g/mol. The van der Waals surface area contributed by atoms with Gasteiger partial charge in [-0.3, -0.25) is 4.79 Å². The normalized spacial score (nSPS) is 12.7. The molecule has 1 aliphatic rings. The van der Waals surface area contributed by atoms with Gasteiger partial charge in [0.25, 0.3) is 5.91 Å². The second-order valence-electron chi connectivity index (χ2n) is 7.33. The van der Waals surface area contributed by atoms with Crippen LogP contribution in [0.25, 0.3) is 16.5 Å². The molecule has 1 N–H and O–H groups in total. The Kier molecular flexibility index (Phi) is 4.93. The van der Waals surface area contributed by atoms with Crippen molar-refractivity contribution in [3.63, 3.8) is 0 Å². The maximum Gasteiger partial charge on any atom is 0.263 e. The molecule has 5 nitrogen and oxygen atoms in total. The first-order chi connectivity index (χ1) is 14.7.